The molecule has 1 aromatic heterocycles. The molecule has 1 saturated carbocycles. The van der Waals surface area contributed by atoms with Crippen LogP contribution in [0.2, 0.25) is 0 Å². The van der Waals surface area contributed by atoms with Crippen LogP contribution in [-0.4, -0.2) is 41.5 Å². The van der Waals surface area contributed by atoms with Crippen molar-refractivity contribution < 1.29 is 9.59 Å². The van der Waals surface area contributed by atoms with Crippen molar-refractivity contribution in [1.82, 2.24) is 15.2 Å². The van der Waals surface area contributed by atoms with Gasteiger partial charge < -0.3 is 15.5 Å². The van der Waals surface area contributed by atoms with Crippen molar-refractivity contribution in [3.63, 3.8) is 0 Å². The standard InChI is InChI=1S/C17H26N4O2S/c1-11(2)8-18-17(23)21-7-3-4-13(9-21)15(22)20-16-19-14(10-24-16)12-5-6-12/h10-13H,3-9H2,1-2H3,(H,18,23)(H,19,20,22). The molecule has 1 aliphatic heterocycles. The number of amides is 3. The summed E-state index contributed by atoms with van der Waals surface area (Å²) in [5.41, 5.74) is 1.11. The fraction of sp³-hybridized carbons (Fsp3) is 0.706. The Hall–Kier alpha value is -1.63. The maximum atomic E-state index is 12.5. The quantitative estimate of drug-likeness (QED) is 0.857. The highest BCUT2D eigenvalue weighted by Crippen LogP contribution is 2.40. The molecule has 1 aliphatic carbocycles. The van der Waals surface area contributed by atoms with Gasteiger partial charge in [0.05, 0.1) is 11.6 Å². The number of rotatable bonds is 5. The van der Waals surface area contributed by atoms with Crippen molar-refractivity contribution in [3.8, 4) is 0 Å². The van der Waals surface area contributed by atoms with Gasteiger partial charge in [0.15, 0.2) is 5.13 Å². The van der Waals surface area contributed by atoms with E-state index in [0.717, 1.165) is 25.1 Å². The highest BCUT2D eigenvalue weighted by atomic mass is 32.1. The summed E-state index contributed by atoms with van der Waals surface area (Å²) in [5.74, 6) is 0.843. The molecule has 0 aromatic carbocycles. The SMILES string of the molecule is CC(C)CNC(=O)N1CCCC(C(=O)Nc2nc(C3CC3)cs2)C1. The molecule has 1 unspecified atom stereocenters. The Bertz CT molecular complexity index is 597. The van der Waals surface area contributed by atoms with Crippen molar-refractivity contribution in [2.75, 3.05) is 25.0 Å². The number of nitrogens with zero attached hydrogens (tertiary/aromatic N) is 2. The number of carbonyl (C=O) groups is 2. The largest absolute Gasteiger partial charge is 0.338 e. The number of piperidine rings is 1. The summed E-state index contributed by atoms with van der Waals surface area (Å²) >= 11 is 1.49. The molecule has 6 nitrogen and oxygen atoms in total. The molecular weight excluding hydrogens is 324 g/mol. The second-order valence-corrected chi connectivity index (χ2v) is 8.06. The van der Waals surface area contributed by atoms with Crippen molar-refractivity contribution >= 4 is 28.4 Å². The first-order chi connectivity index (χ1) is 11.5. The van der Waals surface area contributed by atoms with Crippen LogP contribution < -0.4 is 10.6 Å². The molecule has 1 saturated heterocycles. The lowest BCUT2D eigenvalue weighted by Crippen LogP contribution is -2.48. The minimum atomic E-state index is -0.156. The third-order valence-corrected chi connectivity index (χ3v) is 5.26. The van der Waals surface area contributed by atoms with E-state index in [1.54, 1.807) is 4.90 Å². The van der Waals surface area contributed by atoms with E-state index in [1.807, 2.05) is 5.38 Å². The van der Waals surface area contributed by atoms with E-state index >= 15 is 0 Å². The molecule has 2 N–H and O–H groups in total. The van der Waals surface area contributed by atoms with Crippen LogP contribution >= 0.6 is 11.3 Å². The van der Waals surface area contributed by atoms with Gasteiger partial charge in [-0.05, 0) is 31.6 Å². The first-order valence-electron chi connectivity index (χ1n) is 8.82. The summed E-state index contributed by atoms with van der Waals surface area (Å²) in [6.45, 7) is 6.00. The van der Waals surface area contributed by atoms with Crippen LogP contribution in [0.3, 0.4) is 0 Å². The lowest BCUT2D eigenvalue weighted by Gasteiger charge is -2.32. The van der Waals surface area contributed by atoms with E-state index in [0.29, 0.717) is 30.1 Å². The lowest BCUT2D eigenvalue weighted by molar-refractivity contribution is -0.121. The maximum absolute atomic E-state index is 12.5. The van der Waals surface area contributed by atoms with Gasteiger partial charge in [-0.2, -0.15) is 0 Å². The Morgan fingerprint density at radius 2 is 2.17 bits per heavy atom. The van der Waals surface area contributed by atoms with Gasteiger partial charge in [0, 0.05) is 30.9 Å². The molecule has 7 heteroatoms. The highest BCUT2D eigenvalue weighted by Gasteiger charge is 2.30. The molecule has 0 bridgehead atoms. The number of likely N-dealkylation sites (tertiary alicyclic amines) is 1. The van der Waals surface area contributed by atoms with E-state index < -0.39 is 0 Å². The number of urea groups is 1. The smallest absolute Gasteiger partial charge is 0.317 e. The van der Waals surface area contributed by atoms with Crippen LogP contribution in [0.1, 0.15) is 51.1 Å². The number of hydrogen-bond acceptors (Lipinski definition) is 4. The first kappa shape index (κ1) is 17.2. The number of thiazole rings is 1. The first-order valence-corrected chi connectivity index (χ1v) is 9.70. The van der Waals surface area contributed by atoms with Gasteiger partial charge in [-0.15, -0.1) is 11.3 Å². The number of carbonyl (C=O) groups excluding carboxylic acids is 2. The van der Waals surface area contributed by atoms with Gasteiger partial charge in [0.1, 0.15) is 0 Å². The predicted octanol–water partition coefficient (Wildman–Crippen LogP) is 3.04. The fourth-order valence-electron chi connectivity index (χ4n) is 2.90. The Labute approximate surface area is 147 Å². The summed E-state index contributed by atoms with van der Waals surface area (Å²) in [6, 6.07) is -0.0635. The summed E-state index contributed by atoms with van der Waals surface area (Å²) in [4.78, 5) is 30.9. The molecule has 1 aromatic rings. The molecule has 3 amide bonds. The maximum Gasteiger partial charge on any atom is 0.317 e. The molecule has 0 spiro atoms. The molecule has 132 valence electrons. The second-order valence-electron chi connectivity index (χ2n) is 7.21. The normalized spacial score (nSPS) is 21.0. The monoisotopic (exact) mass is 350 g/mol. The molecule has 2 heterocycles. The third kappa shape index (κ3) is 4.47. The summed E-state index contributed by atoms with van der Waals surface area (Å²) < 4.78 is 0. The van der Waals surface area contributed by atoms with Crippen molar-refractivity contribution in [2.45, 2.75) is 45.4 Å². The molecule has 2 aliphatic rings. The van der Waals surface area contributed by atoms with Crippen LogP contribution in [0.15, 0.2) is 5.38 Å². The van der Waals surface area contributed by atoms with E-state index in [-0.39, 0.29) is 17.9 Å². The fourth-order valence-corrected chi connectivity index (χ4v) is 3.69. The zero-order valence-corrected chi connectivity index (χ0v) is 15.2. The number of aromatic nitrogens is 1. The Morgan fingerprint density at radius 1 is 1.38 bits per heavy atom. The van der Waals surface area contributed by atoms with Crippen LogP contribution in [0.5, 0.6) is 0 Å². The van der Waals surface area contributed by atoms with Crippen molar-refractivity contribution in [1.29, 1.82) is 0 Å². The molecule has 0 radical (unpaired) electrons. The second kappa shape index (κ2) is 7.51. The molecule has 3 rings (SSSR count). The predicted molar refractivity (Wildman–Crippen MR) is 95.3 cm³/mol. The minimum Gasteiger partial charge on any atom is -0.338 e. The molecular formula is C17H26N4O2S. The van der Waals surface area contributed by atoms with Gasteiger partial charge in [-0.1, -0.05) is 13.8 Å². The minimum absolute atomic E-state index is 0.0203. The zero-order valence-electron chi connectivity index (χ0n) is 14.4. The number of nitrogens with one attached hydrogen (secondary N) is 2. The average molecular weight is 350 g/mol. The average Bonchev–Trinajstić information content (AvgIpc) is 3.32. The third-order valence-electron chi connectivity index (χ3n) is 4.49. The van der Waals surface area contributed by atoms with Crippen molar-refractivity contribution in [3.05, 3.63) is 11.1 Å². The number of anilines is 1. The van der Waals surface area contributed by atoms with Gasteiger partial charge >= 0.3 is 6.03 Å². The van der Waals surface area contributed by atoms with Gasteiger partial charge in [-0.25, -0.2) is 9.78 Å². The van der Waals surface area contributed by atoms with Crippen LogP contribution in [-0.2, 0) is 4.79 Å². The molecule has 24 heavy (non-hydrogen) atoms. The van der Waals surface area contributed by atoms with Crippen molar-refractivity contribution in [2.24, 2.45) is 11.8 Å². The van der Waals surface area contributed by atoms with E-state index in [2.05, 4.69) is 29.5 Å². The summed E-state index contributed by atoms with van der Waals surface area (Å²) in [5, 5.41) is 8.59. The number of hydrogen-bond donors (Lipinski definition) is 2. The highest BCUT2D eigenvalue weighted by molar-refractivity contribution is 7.13. The van der Waals surface area contributed by atoms with Crippen LogP contribution in [0.25, 0.3) is 0 Å². The Balaban J connectivity index is 1.51. The molecule has 1 atom stereocenters. The molecule has 2 fully saturated rings. The topological polar surface area (TPSA) is 74.3 Å². The van der Waals surface area contributed by atoms with Crippen LogP contribution in [0, 0.1) is 11.8 Å². The van der Waals surface area contributed by atoms with Gasteiger partial charge in [-0.3, -0.25) is 4.79 Å². The summed E-state index contributed by atoms with van der Waals surface area (Å²) in [6.07, 6.45) is 4.10. The van der Waals surface area contributed by atoms with Gasteiger partial charge in [0.25, 0.3) is 0 Å². The van der Waals surface area contributed by atoms with E-state index in [1.165, 1.54) is 24.2 Å². The lowest BCUT2D eigenvalue weighted by atomic mass is 9.97. The Morgan fingerprint density at radius 3 is 2.88 bits per heavy atom. The zero-order chi connectivity index (χ0) is 17.1. The van der Waals surface area contributed by atoms with Crippen LogP contribution in [0.4, 0.5) is 9.93 Å². The summed E-state index contributed by atoms with van der Waals surface area (Å²) in [7, 11) is 0. The van der Waals surface area contributed by atoms with E-state index in [4.69, 9.17) is 0 Å². The van der Waals surface area contributed by atoms with Gasteiger partial charge in [0.2, 0.25) is 5.91 Å². The Kier molecular flexibility index (Phi) is 5.38. The van der Waals surface area contributed by atoms with E-state index in [9.17, 15) is 9.59 Å².